The minimum Gasteiger partial charge on any atom is -0.352 e. The van der Waals surface area contributed by atoms with Crippen molar-refractivity contribution in [1.29, 1.82) is 0 Å². The minimum atomic E-state index is -3.70. The third-order valence-electron chi connectivity index (χ3n) is 4.58. The quantitative estimate of drug-likeness (QED) is 0.785. The van der Waals surface area contributed by atoms with Gasteiger partial charge < -0.3 is 5.32 Å². The molecule has 1 N–H and O–H groups in total. The molecule has 1 aliphatic carbocycles. The summed E-state index contributed by atoms with van der Waals surface area (Å²) in [6.07, 6.45) is 5.39. The van der Waals surface area contributed by atoms with Crippen molar-refractivity contribution < 1.29 is 13.2 Å². The number of nitrogens with zero attached hydrogens (tertiary/aromatic N) is 1. The Morgan fingerprint density at radius 2 is 1.81 bits per heavy atom. The number of hydrogen-bond acceptors (Lipinski definition) is 4. The predicted octanol–water partition coefficient (Wildman–Crippen LogP) is 3.39. The molecular formula is C19H24N2O3S2. The van der Waals surface area contributed by atoms with Gasteiger partial charge in [0.25, 0.3) is 10.0 Å². The molecule has 0 aliphatic heterocycles. The molecule has 2 aromatic rings. The minimum absolute atomic E-state index is 0.161. The Morgan fingerprint density at radius 1 is 1.08 bits per heavy atom. The second kappa shape index (κ2) is 8.79. The van der Waals surface area contributed by atoms with Crippen LogP contribution in [0.4, 0.5) is 0 Å². The van der Waals surface area contributed by atoms with E-state index in [1.165, 1.54) is 22.1 Å². The van der Waals surface area contributed by atoms with Gasteiger partial charge in [0.1, 0.15) is 4.21 Å². The molecule has 0 unspecified atom stereocenters. The van der Waals surface area contributed by atoms with E-state index >= 15 is 0 Å². The summed E-state index contributed by atoms with van der Waals surface area (Å²) < 4.78 is 27.5. The van der Waals surface area contributed by atoms with E-state index in [4.69, 9.17) is 0 Å². The second-order valence-corrected chi connectivity index (χ2v) is 9.71. The van der Waals surface area contributed by atoms with E-state index in [0.29, 0.717) is 0 Å². The first-order valence-corrected chi connectivity index (χ1v) is 11.2. The van der Waals surface area contributed by atoms with Crippen molar-refractivity contribution in [3.05, 3.63) is 53.4 Å². The largest absolute Gasteiger partial charge is 0.352 e. The van der Waals surface area contributed by atoms with Gasteiger partial charge in [0.15, 0.2) is 0 Å². The van der Waals surface area contributed by atoms with Gasteiger partial charge in [0, 0.05) is 12.6 Å². The molecule has 0 atom stereocenters. The van der Waals surface area contributed by atoms with Crippen molar-refractivity contribution in [1.82, 2.24) is 9.62 Å². The lowest BCUT2D eigenvalue weighted by atomic mass is 9.95. The molecule has 0 saturated heterocycles. The molecule has 1 fully saturated rings. The summed E-state index contributed by atoms with van der Waals surface area (Å²) in [4.78, 5) is 12.5. The van der Waals surface area contributed by atoms with Gasteiger partial charge in [-0.3, -0.25) is 4.79 Å². The Labute approximate surface area is 159 Å². The van der Waals surface area contributed by atoms with Crippen molar-refractivity contribution in [3.63, 3.8) is 0 Å². The number of carbonyl (C=O) groups excluding carboxylic acids is 1. The normalized spacial score (nSPS) is 15.9. The zero-order chi connectivity index (χ0) is 18.4. The molecule has 0 radical (unpaired) electrons. The van der Waals surface area contributed by atoms with E-state index in [0.717, 1.165) is 31.2 Å². The molecule has 140 valence electrons. The topological polar surface area (TPSA) is 66.5 Å². The summed E-state index contributed by atoms with van der Waals surface area (Å²) in [7, 11) is -3.70. The van der Waals surface area contributed by atoms with E-state index in [-0.39, 0.29) is 29.2 Å². The predicted molar refractivity (Wildman–Crippen MR) is 103 cm³/mol. The molecule has 1 aromatic carbocycles. The zero-order valence-corrected chi connectivity index (χ0v) is 16.3. The molecule has 0 spiro atoms. The number of benzene rings is 1. The van der Waals surface area contributed by atoms with Crippen molar-refractivity contribution in [2.45, 2.75) is 48.9 Å². The van der Waals surface area contributed by atoms with Gasteiger partial charge in [-0.15, -0.1) is 11.3 Å². The van der Waals surface area contributed by atoms with E-state index in [1.54, 1.807) is 17.5 Å². The van der Waals surface area contributed by atoms with Gasteiger partial charge in [0.05, 0.1) is 6.54 Å². The Kier molecular flexibility index (Phi) is 6.45. The first kappa shape index (κ1) is 19.1. The monoisotopic (exact) mass is 392 g/mol. The van der Waals surface area contributed by atoms with Crippen LogP contribution in [0.15, 0.2) is 52.1 Å². The summed E-state index contributed by atoms with van der Waals surface area (Å²) in [5, 5.41) is 4.74. The van der Waals surface area contributed by atoms with Crippen LogP contribution in [0.5, 0.6) is 0 Å². The van der Waals surface area contributed by atoms with Crippen LogP contribution in [-0.4, -0.2) is 31.2 Å². The van der Waals surface area contributed by atoms with Crippen LogP contribution in [0.1, 0.15) is 37.7 Å². The highest BCUT2D eigenvalue weighted by molar-refractivity contribution is 7.91. The van der Waals surface area contributed by atoms with Crippen LogP contribution in [-0.2, 0) is 21.4 Å². The van der Waals surface area contributed by atoms with Crippen LogP contribution in [0.25, 0.3) is 0 Å². The molecule has 7 heteroatoms. The van der Waals surface area contributed by atoms with Gasteiger partial charge in [-0.05, 0) is 29.9 Å². The van der Waals surface area contributed by atoms with Gasteiger partial charge in [-0.1, -0.05) is 55.7 Å². The molecule has 1 heterocycles. The lowest BCUT2D eigenvalue weighted by Crippen LogP contribution is -2.44. The maximum Gasteiger partial charge on any atom is 0.253 e. The van der Waals surface area contributed by atoms with Crippen LogP contribution in [0, 0.1) is 0 Å². The van der Waals surface area contributed by atoms with Gasteiger partial charge in [-0.2, -0.15) is 4.31 Å². The number of amides is 1. The molecule has 1 amide bonds. The van der Waals surface area contributed by atoms with Crippen molar-refractivity contribution in [3.8, 4) is 0 Å². The first-order chi connectivity index (χ1) is 12.6. The standard InChI is InChI=1S/C19H24N2O3S2/c22-18(20-17-10-5-2-6-11-17)15-21(14-16-8-3-1-4-9-16)26(23,24)19-12-7-13-25-19/h1,3-4,7-9,12-13,17H,2,5-6,10-11,14-15H2,(H,20,22). The molecule has 1 saturated carbocycles. The number of thiophene rings is 1. The highest BCUT2D eigenvalue weighted by Gasteiger charge is 2.28. The Bertz CT molecular complexity index is 799. The first-order valence-electron chi connectivity index (χ1n) is 8.92. The summed E-state index contributed by atoms with van der Waals surface area (Å²) in [5.74, 6) is -0.229. The van der Waals surface area contributed by atoms with E-state index in [2.05, 4.69) is 5.32 Å². The van der Waals surface area contributed by atoms with Crippen LogP contribution in [0.3, 0.4) is 0 Å². The lowest BCUT2D eigenvalue weighted by molar-refractivity contribution is -0.122. The molecule has 1 aliphatic rings. The lowest BCUT2D eigenvalue weighted by Gasteiger charge is -2.25. The second-order valence-electron chi connectivity index (χ2n) is 6.59. The number of rotatable bonds is 7. The maximum absolute atomic E-state index is 13.0. The van der Waals surface area contributed by atoms with Crippen LogP contribution in [0.2, 0.25) is 0 Å². The van der Waals surface area contributed by atoms with E-state index in [9.17, 15) is 13.2 Å². The van der Waals surface area contributed by atoms with Gasteiger partial charge >= 0.3 is 0 Å². The van der Waals surface area contributed by atoms with Gasteiger partial charge in [0.2, 0.25) is 5.91 Å². The Hall–Kier alpha value is -1.70. The fourth-order valence-electron chi connectivity index (χ4n) is 3.23. The fraction of sp³-hybridized carbons (Fsp3) is 0.421. The molecule has 5 nitrogen and oxygen atoms in total. The third-order valence-corrected chi connectivity index (χ3v) is 7.75. The SMILES string of the molecule is O=C(CN(Cc1ccccc1)S(=O)(=O)c1cccs1)NC1CCCCC1. The van der Waals surface area contributed by atoms with E-state index in [1.807, 2.05) is 30.3 Å². The smallest absolute Gasteiger partial charge is 0.253 e. The summed E-state index contributed by atoms with van der Waals surface area (Å²) in [6, 6.07) is 12.8. The fourth-order valence-corrected chi connectivity index (χ4v) is 5.76. The zero-order valence-electron chi connectivity index (χ0n) is 14.6. The molecule has 1 aromatic heterocycles. The third kappa shape index (κ3) is 4.93. The van der Waals surface area contributed by atoms with Crippen LogP contribution >= 0.6 is 11.3 Å². The molecule has 3 rings (SSSR count). The van der Waals surface area contributed by atoms with Crippen molar-refractivity contribution >= 4 is 27.3 Å². The Morgan fingerprint density at radius 3 is 2.46 bits per heavy atom. The number of hydrogen-bond donors (Lipinski definition) is 1. The maximum atomic E-state index is 13.0. The summed E-state index contributed by atoms with van der Waals surface area (Å²) in [5.41, 5.74) is 0.859. The van der Waals surface area contributed by atoms with Gasteiger partial charge in [-0.25, -0.2) is 8.42 Å². The summed E-state index contributed by atoms with van der Waals surface area (Å²) >= 11 is 1.17. The highest BCUT2D eigenvalue weighted by Crippen LogP contribution is 2.23. The molecule has 0 bridgehead atoms. The number of sulfonamides is 1. The Balaban J connectivity index is 1.75. The molecule has 26 heavy (non-hydrogen) atoms. The number of nitrogens with one attached hydrogen (secondary N) is 1. The number of carbonyl (C=O) groups is 1. The van der Waals surface area contributed by atoms with Crippen LogP contribution < -0.4 is 5.32 Å². The highest BCUT2D eigenvalue weighted by atomic mass is 32.2. The average molecular weight is 393 g/mol. The summed E-state index contributed by atoms with van der Waals surface area (Å²) in [6.45, 7) is 0.0186. The van der Waals surface area contributed by atoms with Crippen molar-refractivity contribution in [2.75, 3.05) is 6.54 Å². The average Bonchev–Trinajstić information content (AvgIpc) is 3.18. The molecular weight excluding hydrogens is 368 g/mol. The van der Waals surface area contributed by atoms with E-state index < -0.39 is 10.0 Å². The van der Waals surface area contributed by atoms with Crippen molar-refractivity contribution in [2.24, 2.45) is 0 Å².